The lowest BCUT2D eigenvalue weighted by Crippen LogP contribution is -2.16. The molecule has 7 heteroatoms. The van der Waals surface area contributed by atoms with Crippen LogP contribution in [0.5, 0.6) is 5.75 Å². The Morgan fingerprint density at radius 3 is 2.45 bits per heavy atom. The lowest BCUT2D eigenvalue weighted by Gasteiger charge is -2.16. The Labute approximate surface area is 178 Å². The Morgan fingerprint density at radius 1 is 1.03 bits per heavy atom. The zero-order valence-electron chi connectivity index (χ0n) is 17.0. The molecule has 4 aromatic rings. The van der Waals surface area contributed by atoms with Crippen molar-refractivity contribution < 1.29 is 14.5 Å². The molecule has 0 radical (unpaired) electrons. The average molecular weight is 413 g/mol. The SMILES string of the molecule is COc1ccccc1NC(=O)c1c(C)nc2ccc([N+](=O)[O-])cc2c1-c1ccccc1. The molecule has 0 unspecified atom stereocenters. The average Bonchev–Trinajstić information content (AvgIpc) is 2.78. The molecule has 0 aliphatic carbocycles. The second-order valence-corrected chi connectivity index (χ2v) is 6.93. The third-order valence-corrected chi connectivity index (χ3v) is 5.00. The van der Waals surface area contributed by atoms with Crippen LogP contribution in [0, 0.1) is 17.0 Å². The summed E-state index contributed by atoms with van der Waals surface area (Å²) in [5, 5.41) is 14.8. The highest BCUT2D eigenvalue weighted by molar-refractivity contribution is 6.15. The maximum absolute atomic E-state index is 13.4. The molecule has 0 spiro atoms. The van der Waals surface area contributed by atoms with Crippen molar-refractivity contribution in [1.29, 1.82) is 0 Å². The van der Waals surface area contributed by atoms with Crippen LogP contribution in [0.3, 0.4) is 0 Å². The van der Waals surface area contributed by atoms with Crippen molar-refractivity contribution in [2.45, 2.75) is 6.92 Å². The summed E-state index contributed by atoms with van der Waals surface area (Å²) in [4.78, 5) is 28.9. The maximum atomic E-state index is 13.4. The largest absolute Gasteiger partial charge is 0.495 e. The van der Waals surface area contributed by atoms with Crippen LogP contribution in [0.15, 0.2) is 72.8 Å². The van der Waals surface area contributed by atoms with Crippen molar-refractivity contribution in [3.05, 3.63) is 94.2 Å². The number of pyridine rings is 1. The minimum Gasteiger partial charge on any atom is -0.495 e. The van der Waals surface area contributed by atoms with Gasteiger partial charge in [-0.15, -0.1) is 0 Å². The third-order valence-electron chi connectivity index (χ3n) is 5.00. The van der Waals surface area contributed by atoms with Crippen LogP contribution in [-0.2, 0) is 0 Å². The number of anilines is 1. The number of hydrogen-bond acceptors (Lipinski definition) is 5. The van der Waals surface area contributed by atoms with Crippen molar-refractivity contribution in [2.75, 3.05) is 12.4 Å². The molecule has 0 bridgehead atoms. The number of nitrogens with one attached hydrogen (secondary N) is 1. The predicted octanol–water partition coefficient (Wildman–Crippen LogP) is 5.38. The number of fused-ring (bicyclic) bond motifs is 1. The van der Waals surface area contributed by atoms with Crippen LogP contribution < -0.4 is 10.1 Å². The van der Waals surface area contributed by atoms with Gasteiger partial charge in [0, 0.05) is 23.1 Å². The van der Waals surface area contributed by atoms with Crippen molar-refractivity contribution in [3.8, 4) is 16.9 Å². The molecule has 154 valence electrons. The summed E-state index contributed by atoms with van der Waals surface area (Å²) < 4.78 is 5.33. The van der Waals surface area contributed by atoms with Gasteiger partial charge in [0.1, 0.15) is 5.75 Å². The smallest absolute Gasteiger partial charge is 0.270 e. The molecule has 1 aromatic heterocycles. The van der Waals surface area contributed by atoms with Gasteiger partial charge in [0.05, 0.1) is 34.5 Å². The zero-order valence-corrected chi connectivity index (χ0v) is 17.0. The number of nitro groups is 1. The quantitative estimate of drug-likeness (QED) is 0.350. The van der Waals surface area contributed by atoms with Crippen LogP contribution in [0.25, 0.3) is 22.0 Å². The molecule has 7 nitrogen and oxygen atoms in total. The highest BCUT2D eigenvalue weighted by Crippen LogP contribution is 2.35. The van der Waals surface area contributed by atoms with E-state index in [4.69, 9.17) is 4.74 Å². The van der Waals surface area contributed by atoms with E-state index < -0.39 is 4.92 Å². The second-order valence-electron chi connectivity index (χ2n) is 6.93. The first-order valence-corrected chi connectivity index (χ1v) is 9.58. The van der Waals surface area contributed by atoms with Crippen LogP contribution in [-0.4, -0.2) is 22.9 Å². The number of nitrogens with zero attached hydrogens (tertiary/aromatic N) is 2. The molecule has 1 heterocycles. The Balaban J connectivity index is 1.96. The molecular weight excluding hydrogens is 394 g/mol. The van der Waals surface area contributed by atoms with Crippen molar-refractivity contribution >= 4 is 28.2 Å². The van der Waals surface area contributed by atoms with E-state index in [9.17, 15) is 14.9 Å². The molecular formula is C24H19N3O4. The third kappa shape index (κ3) is 3.81. The molecule has 0 atom stereocenters. The second kappa shape index (κ2) is 8.23. The Bertz CT molecular complexity index is 1300. The minimum atomic E-state index is -0.456. The molecule has 31 heavy (non-hydrogen) atoms. The molecule has 0 aliphatic rings. The summed E-state index contributed by atoms with van der Waals surface area (Å²) in [6, 6.07) is 20.9. The fourth-order valence-electron chi connectivity index (χ4n) is 3.60. The van der Waals surface area contributed by atoms with Gasteiger partial charge in [0.2, 0.25) is 0 Å². The highest BCUT2D eigenvalue weighted by atomic mass is 16.6. The first-order chi connectivity index (χ1) is 15.0. The molecule has 3 aromatic carbocycles. The molecule has 0 saturated carbocycles. The number of non-ortho nitro benzene ring substituents is 1. The van der Waals surface area contributed by atoms with E-state index in [1.54, 1.807) is 31.2 Å². The van der Waals surface area contributed by atoms with E-state index in [-0.39, 0.29) is 11.6 Å². The lowest BCUT2D eigenvalue weighted by molar-refractivity contribution is -0.384. The summed E-state index contributed by atoms with van der Waals surface area (Å²) in [6.45, 7) is 1.75. The number of carbonyl (C=O) groups is 1. The number of carbonyl (C=O) groups excluding carboxylic acids is 1. The van der Waals surface area contributed by atoms with Gasteiger partial charge in [-0.2, -0.15) is 0 Å². The Kier molecular flexibility index (Phi) is 5.32. The molecule has 1 N–H and O–H groups in total. The summed E-state index contributed by atoms with van der Waals surface area (Å²) in [5.74, 6) is 0.154. The number of aromatic nitrogens is 1. The standard InChI is InChI=1S/C24H19N3O4/c1-15-22(24(28)26-20-10-6-7-11-21(20)31-2)23(16-8-4-3-5-9-16)18-14-17(27(29)30)12-13-19(18)25-15/h3-14H,1-2H3,(H,26,28). The number of methoxy groups -OCH3 is 1. The topological polar surface area (TPSA) is 94.4 Å². The van der Waals surface area contributed by atoms with E-state index in [2.05, 4.69) is 10.3 Å². The summed E-state index contributed by atoms with van der Waals surface area (Å²) >= 11 is 0. The Hall–Kier alpha value is -4.26. The fourth-order valence-corrected chi connectivity index (χ4v) is 3.60. The lowest BCUT2D eigenvalue weighted by atomic mass is 9.93. The van der Waals surface area contributed by atoms with Crippen LogP contribution in [0.1, 0.15) is 16.1 Å². The van der Waals surface area contributed by atoms with E-state index in [1.165, 1.54) is 19.2 Å². The molecule has 1 amide bonds. The van der Waals surface area contributed by atoms with Gasteiger partial charge in [-0.3, -0.25) is 19.9 Å². The minimum absolute atomic E-state index is 0.0635. The number of para-hydroxylation sites is 2. The molecule has 0 saturated heterocycles. The number of rotatable bonds is 5. The highest BCUT2D eigenvalue weighted by Gasteiger charge is 2.22. The first kappa shape index (κ1) is 20.0. The van der Waals surface area contributed by atoms with E-state index in [1.807, 2.05) is 36.4 Å². The van der Waals surface area contributed by atoms with Gasteiger partial charge in [-0.25, -0.2) is 0 Å². The van der Waals surface area contributed by atoms with E-state index in [0.717, 1.165) is 5.56 Å². The van der Waals surface area contributed by atoms with Gasteiger partial charge < -0.3 is 10.1 Å². The van der Waals surface area contributed by atoms with Crippen LogP contribution >= 0.6 is 0 Å². The van der Waals surface area contributed by atoms with Gasteiger partial charge in [-0.1, -0.05) is 42.5 Å². The van der Waals surface area contributed by atoms with Crippen molar-refractivity contribution in [2.24, 2.45) is 0 Å². The van der Waals surface area contributed by atoms with Crippen LogP contribution in [0.4, 0.5) is 11.4 Å². The maximum Gasteiger partial charge on any atom is 0.270 e. The summed E-state index contributed by atoms with van der Waals surface area (Å²) in [6.07, 6.45) is 0. The predicted molar refractivity (Wildman–Crippen MR) is 120 cm³/mol. The summed E-state index contributed by atoms with van der Waals surface area (Å²) in [5.41, 5.74) is 3.27. The first-order valence-electron chi connectivity index (χ1n) is 9.58. The molecule has 0 aliphatic heterocycles. The van der Waals surface area contributed by atoms with Crippen LogP contribution in [0.2, 0.25) is 0 Å². The monoisotopic (exact) mass is 413 g/mol. The number of benzene rings is 3. The van der Waals surface area contributed by atoms with Gasteiger partial charge in [0.25, 0.3) is 11.6 Å². The van der Waals surface area contributed by atoms with Crippen molar-refractivity contribution in [1.82, 2.24) is 4.98 Å². The number of nitro benzene ring substituents is 1. The summed E-state index contributed by atoms with van der Waals surface area (Å²) in [7, 11) is 1.53. The van der Waals surface area contributed by atoms with Crippen molar-refractivity contribution in [3.63, 3.8) is 0 Å². The van der Waals surface area contributed by atoms with Gasteiger partial charge in [-0.05, 0) is 30.7 Å². The fraction of sp³-hybridized carbons (Fsp3) is 0.0833. The number of aryl methyl sites for hydroxylation is 1. The number of hydrogen-bond donors (Lipinski definition) is 1. The Morgan fingerprint density at radius 2 is 1.74 bits per heavy atom. The molecule has 4 rings (SSSR count). The zero-order chi connectivity index (χ0) is 22.0. The normalized spacial score (nSPS) is 10.6. The number of ether oxygens (including phenoxy) is 1. The van der Waals surface area contributed by atoms with Gasteiger partial charge >= 0.3 is 0 Å². The van der Waals surface area contributed by atoms with Gasteiger partial charge in [0.15, 0.2) is 0 Å². The number of amides is 1. The molecule has 0 fully saturated rings. The van der Waals surface area contributed by atoms with E-state index >= 15 is 0 Å². The van der Waals surface area contributed by atoms with E-state index in [0.29, 0.717) is 39.2 Å².